The molecule has 0 aliphatic rings. The minimum Gasteiger partial charge on any atom is -0.444 e. The van der Waals surface area contributed by atoms with E-state index >= 15 is 0 Å². The molecule has 0 aromatic carbocycles. The highest BCUT2D eigenvalue weighted by atomic mass is 16.6. The van der Waals surface area contributed by atoms with Crippen LogP contribution >= 0.6 is 0 Å². The molecule has 25 heavy (non-hydrogen) atoms. The van der Waals surface area contributed by atoms with Crippen molar-refractivity contribution in [3.63, 3.8) is 0 Å². The predicted molar refractivity (Wildman–Crippen MR) is 93.3 cm³/mol. The first kappa shape index (κ1) is 22.7. The first-order valence-electron chi connectivity index (χ1n) is 8.04. The Labute approximate surface area is 148 Å². The van der Waals surface area contributed by atoms with Crippen molar-refractivity contribution in [2.45, 2.75) is 71.6 Å². The summed E-state index contributed by atoms with van der Waals surface area (Å²) in [5, 5.41) is 9.92. The second kappa shape index (κ2) is 9.24. The van der Waals surface area contributed by atoms with Crippen LogP contribution in [-0.4, -0.2) is 53.1 Å². The van der Waals surface area contributed by atoms with Gasteiger partial charge in [0.25, 0.3) is 0 Å². The van der Waals surface area contributed by atoms with Crippen molar-refractivity contribution in [2.24, 2.45) is 5.73 Å². The normalized spacial score (nSPS) is 12.7. The Morgan fingerprint density at radius 2 is 1.68 bits per heavy atom. The largest absolute Gasteiger partial charge is 0.444 e. The van der Waals surface area contributed by atoms with E-state index in [9.17, 15) is 14.4 Å². The predicted octanol–water partition coefficient (Wildman–Crippen LogP) is 1.99. The second-order valence-corrected chi connectivity index (χ2v) is 7.55. The van der Waals surface area contributed by atoms with Gasteiger partial charge >= 0.3 is 12.2 Å². The molecular formula is C16H30N4O5. The summed E-state index contributed by atoms with van der Waals surface area (Å²) in [5.41, 5.74) is 4.02. The van der Waals surface area contributed by atoms with Crippen LogP contribution in [0, 0.1) is 5.41 Å². The van der Waals surface area contributed by atoms with E-state index in [4.69, 9.17) is 20.6 Å². The number of aldehydes is 1. The fourth-order valence-electron chi connectivity index (χ4n) is 1.73. The van der Waals surface area contributed by atoms with Gasteiger partial charge in [0.05, 0.1) is 6.04 Å². The Kier molecular flexibility index (Phi) is 8.38. The molecule has 1 atom stereocenters. The smallest absolute Gasteiger partial charge is 0.417 e. The molecular weight excluding hydrogens is 328 g/mol. The zero-order valence-electron chi connectivity index (χ0n) is 15.8. The zero-order valence-corrected chi connectivity index (χ0v) is 15.8. The third-order valence-corrected chi connectivity index (χ3v) is 2.67. The van der Waals surface area contributed by atoms with Crippen molar-refractivity contribution >= 4 is 24.4 Å². The standard InChI is InChI=1S/C16H30N4O5/c1-15(2,3)24-13(22)19-11(10-21)8-7-9-20(12(17)18)14(23)25-16(4,5)6/h10-11H,7-9H2,1-6H3,(H3,17,18)(H,19,22)/t11-/m0/s1. The molecule has 0 aromatic rings. The van der Waals surface area contributed by atoms with E-state index in [1.165, 1.54) is 0 Å². The molecule has 0 aromatic heterocycles. The van der Waals surface area contributed by atoms with Gasteiger partial charge in [0, 0.05) is 6.54 Å². The van der Waals surface area contributed by atoms with Crippen molar-refractivity contribution in [1.29, 1.82) is 5.41 Å². The van der Waals surface area contributed by atoms with Crippen LogP contribution in [0.2, 0.25) is 0 Å². The molecule has 0 saturated carbocycles. The number of carbonyl (C=O) groups is 3. The van der Waals surface area contributed by atoms with E-state index in [0.29, 0.717) is 12.7 Å². The molecule has 0 saturated heterocycles. The number of hydrogen-bond donors (Lipinski definition) is 3. The van der Waals surface area contributed by atoms with Gasteiger partial charge in [0.15, 0.2) is 5.96 Å². The second-order valence-electron chi connectivity index (χ2n) is 7.55. The maximum atomic E-state index is 12.0. The minimum atomic E-state index is -0.762. The van der Waals surface area contributed by atoms with Gasteiger partial charge in [-0.1, -0.05) is 0 Å². The quantitative estimate of drug-likeness (QED) is 0.377. The lowest BCUT2D eigenvalue weighted by molar-refractivity contribution is -0.109. The van der Waals surface area contributed by atoms with Crippen molar-refractivity contribution in [3.8, 4) is 0 Å². The summed E-state index contributed by atoms with van der Waals surface area (Å²) in [4.78, 5) is 35.7. The lowest BCUT2D eigenvalue weighted by atomic mass is 10.1. The van der Waals surface area contributed by atoms with Crippen molar-refractivity contribution in [2.75, 3.05) is 6.54 Å². The van der Waals surface area contributed by atoms with Crippen molar-refractivity contribution in [1.82, 2.24) is 10.2 Å². The fraction of sp³-hybridized carbons (Fsp3) is 0.750. The molecule has 0 heterocycles. The molecule has 0 unspecified atom stereocenters. The van der Waals surface area contributed by atoms with Gasteiger partial charge in [0.2, 0.25) is 0 Å². The number of hydrogen-bond acceptors (Lipinski definition) is 6. The SMILES string of the molecule is CC(C)(C)OC(=O)N[C@H](C=O)CCCN(C(=N)N)C(=O)OC(C)(C)C. The fourth-order valence-corrected chi connectivity index (χ4v) is 1.73. The number of carbonyl (C=O) groups excluding carboxylic acids is 3. The lowest BCUT2D eigenvalue weighted by Crippen LogP contribution is -2.45. The molecule has 9 heteroatoms. The highest BCUT2D eigenvalue weighted by molar-refractivity contribution is 5.91. The van der Waals surface area contributed by atoms with Crippen LogP contribution < -0.4 is 11.1 Å². The van der Waals surface area contributed by atoms with Crippen LogP contribution in [0.5, 0.6) is 0 Å². The summed E-state index contributed by atoms with van der Waals surface area (Å²) in [6.45, 7) is 10.4. The number of alkyl carbamates (subject to hydrolysis) is 1. The molecule has 0 aliphatic heterocycles. The number of nitrogens with one attached hydrogen (secondary N) is 2. The lowest BCUT2D eigenvalue weighted by Gasteiger charge is -2.26. The Morgan fingerprint density at radius 1 is 1.16 bits per heavy atom. The molecule has 0 bridgehead atoms. The van der Waals surface area contributed by atoms with E-state index in [1.54, 1.807) is 41.5 Å². The van der Waals surface area contributed by atoms with Crippen LogP contribution in [-0.2, 0) is 14.3 Å². The molecule has 0 aliphatic carbocycles. The first-order valence-corrected chi connectivity index (χ1v) is 8.04. The summed E-state index contributed by atoms with van der Waals surface area (Å²) in [6.07, 6.45) is -0.244. The Bertz CT molecular complexity index is 494. The topological polar surface area (TPSA) is 135 Å². The van der Waals surface area contributed by atoms with E-state index in [2.05, 4.69) is 5.32 Å². The van der Waals surface area contributed by atoms with Gasteiger partial charge in [-0.05, 0) is 54.4 Å². The highest BCUT2D eigenvalue weighted by Crippen LogP contribution is 2.11. The molecule has 0 radical (unpaired) electrons. The first-order chi connectivity index (χ1) is 11.2. The summed E-state index contributed by atoms with van der Waals surface area (Å²) in [7, 11) is 0. The summed E-state index contributed by atoms with van der Waals surface area (Å²) in [6, 6.07) is -0.762. The van der Waals surface area contributed by atoms with E-state index in [1.807, 2.05) is 0 Å². The molecule has 0 fully saturated rings. The van der Waals surface area contributed by atoms with E-state index in [0.717, 1.165) is 4.90 Å². The Balaban J connectivity index is 4.55. The third-order valence-electron chi connectivity index (χ3n) is 2.67. The number of nitrogens with zero attached hydrogens (tertiary/aromatic N) is 1. The summed E-state index contributed by atoms with van der Waals surface area (Å²) >= 11 is 0. The average molecular weight is 358 g/mol. The maximum Gasteiger partial charge on any atom is 0.417 e. The van der Waals surface area contributed by atoms with Crippen LogP contribution in [0.15, 0.2) is 0 Å². The highest BCUT2D eigenvalue weighted by Gasteiger charge is 2.24. The third kappa shape index (κ3) is 11.0. The number of nitrogens with two attached hydrogens (primary N) is 1. The van der Waals surface area contributed by atoms with Crippen LogP contribution in [0.1, 0.15) is 54.4 Å². The number of amides is 2. The summed E-state index contributed by atoms with van der Waals surface area (Å²) < 4.78 is 10.3. The zero-order chi connectivity index (χ0) is 19.8. The van der Waals surface area contributed by atoms with E-state index < -0.39 is 35.4 Å². The Hall–Kier alpha value is -2.32. The summed E-state index contributed by atoms with van der Waals surface area (Å²) in [5.74, 6) is -0.447. The number of ether oxygens (including phenoxy) is 2. The van der Waals surface area contributed by atoms with Gasteiger partial charge in [-0.25, -0.2) is 14.5 Å². The van der Waals surface area contributed by atoms with Gasteiger partial charge in [-0.3, -0.25) is 5.41 Å². The molecule has 144 valence electrons. The van der Waals surface area contributed by atoms with E-state index in [-0.39, 0.29) is 13.0 Å². The molecule has 0 spiro atoms. The molecule has 9 nitrogen and oxygen atoms in total. The Morgan fingerprint density at radius 3 is 2.08 bits per heavy atom. The molecule has 4 N–H and O–H groups in total. The average Bonchev–Trinajstić information content (AvgIpc) is 2.37. The van der Waals surface area contributed by atoms with Gasteiger partial charge in [-0.15, -0.1) is 0 Å². The van der Waals surface area contributed by atoms with Crippen molar-refractivity contribution in [3.05, 3.63) is 0 Å². The van der Waals surface area contributed by atoms with Crippen LogP contribution in [0.4, 0.5) is 9.59 Å². The number of guanidine groups is 1. The van der Waals surface area contributed by atoms with Gasteiger partial charge in [0.1, 0.15) is 17.5 Å². The van der Waals surface area contributed by atoms with Crippen LogP contribution in [0.3, 0.4) is 0 Å². The maximum absolute atomic E-state index is 12.0. The minimum absolute atomic E-state index is 0.0879. The van der Waals surface area contributed by atoms with Crippen LogP contribution in [0.25, 0.3) is 0 Å². The van der Waals surface area contributed by atoms with Gasteiger partial charge in [-0.2, -0.15) is 0 Å². The van der Waals surface area contributed by atoms with Crippen molar-refractivity contribution < 1.29 is 23.9 Å². The molecule has 2 amide bonds. The number of rotatable bonds is 6. The van der Waals surface area contributed by atoms with Gasteiger partial charge < -0.3 is 25.3 Å². The molecule has 0 rings (SSSR count). The monoisotopic (exact) mass is 358 g/mol.